The standard InChI is InChI=1S/C21H31BrN4O2/c1-15(2)19-18(22)20(24-23-19)21(28)26-13-11-25(12-14-26)17(27)10-6-9-16-7-4-3-5-8-16/h3-5,7-8,15,18-20,23-24H,6,9-14H2,1-2H3. The molecule has 2 N–H and O–H groups in total. The molecular weight excluding hydrogens is 420 g/mol. The Kier molecular flexibility index (Phi) is 7.48. The van der Waals surface area contributed by atoms with E-state index in [9.17, 15) is 9.59 Å². The topological polar surface area (TPSA) is 64.7 Å². The SMILES string of the molecule is CC(C)C1NNC(C(=O)N2CCN(C(=O)CCCc3ccccc3)CC2)C1Br. The molecule has 0 saturated carbocycles. The molecule has 0 spiro atoms. The molecule has 0 aromatic heterocycles. The molecule has 2 amide bonds. The largest absolute Gasteiger partial charge is 0.339 e. The summed E-state index contributed by atoms with van der Waals surface area (Å²) in [6, 6.07) is 10.2. The van der Waals surface area contributed by atoms with Crippen LogP contribution in [0.2, 0.25) is 0 Å². The van der Waals surface area contributed by atoms with Gasteiger partial charge in [-0.1, -0.05) is 60.1 Å². The highest BCUT2D eigenvalue weighted by molar-refractivity contribution is 9.09. The minimum absolute atomic E-state index is 0.0673. The fourth-order valence-corrected chi connectivity index (χ4v) is 5.01. The Hall–Kier alpha value is -1.44. The Labute approximate surface area is 176 Å². The van der Waals surface area contributed by atoms with Gasteiger partial charge in [-0.25, -0.2) is 5.43 Å². The maximum Gasteiger partial charge on any atom is 0.242 e. The van der Waals surface area contributed by atoms with Crippen molar-refractivity contribution < 1.29 is 9.59 Å². The minimum atomic E-state index is -0.263. The number of hydrogen-bond acceptors (Lipinski definition) is 4. The van der Waals surface area contributed by atoms with Gasteiger partial charge in [-0.05, 0) is 24.3 Å². The van der Waals surface area contributed by atoms with Crippen LogP contribution in [0.4, 0.5) is 0 Å². The Morgan fingerprint density at radius 3 is 2.32 bits per heavy atom. The summed E-state index contributed by atoms with van der Waals surface area (Å²) in [5.41, 5.74) is 7.65. The number of halogens is 1. The van der Waals surface area contributed by atoms with Crippen LogP contribution in [0.3, 0.4) is 0 Å². The van der Waals surface area contributed by atoms with Gasteiger partial charge in [-0.2, -0.15) is 0 Å². The smallest absolute Gasteiger partial charge is 0.242 e. The van der Waals surface area contributed by atoms with Crippen molar-refractivity contribution in [3.63, 3.8) is 0 Å². The van der Waals surface area contributed by atoms with Crippen LogP contribution in [0.1, 0.15) is 32.3 Å². The zero-order valence-electron chi connectivity index (χ0n) is 16.7. The van der Waals surface area contributed by atoms with Gasteiger partial charge in [0.05, 0.1) is 4.83 Å². The molecule has 0 bridgehead atoms. The number of hydrazine groups is 1. The van der Waals surface area contributed by atoms with Crippen molar-refractivity contribution in [2.24, 2.45) is 5.92 Å². The van der Waals surface area contributed by atoms with Gasteiger partial charge >= 0.3 is 0 Å². The van der Waals surface area contributed by atoms with Crippen LogP contribution in [-0.4, -0.2) is 64.7 Å². The van der Waals surface area contributed by atoms with Gasteiger partial charge in [0.1, 0.15) is 6.04 Å². The summed E-state index contributed by atoms with van der Waals surface area (Å²) in [6.45, 7) is 6.74. The van der Waals surface area contributed by atoms with Crippen LogP contribution < -0.4 is 10.9 Å². The molecule has 0 radical (unpaired) electrons. The zero-order valence-corrected chi connectivity index (χ0v) is 18.3. The maximum atomic E-state index is 12.9. The summed E-state index contributed by atoms with van der Waals surface area (Å²) in [4.78, 5) is 29.2. The first-order chi connectivity index (χ1) is 13.5. The fourth-order valence-electron chi connectivity index (χ4n) is 3.90. The van der Waals surface area contributed by atoms with Crippen LogP contribution in [0.25, 0.3) is 0 Å². The maximum absolute atomic E-state index is 12.9. The number of rotatable bonds is 6. The Balaban J connectivity index is 1.41. The molecule has 2 aliphatic rings. The van der Waals surface area contributed by atoms with Crippen LogP contribution in [-0.2, 0) is 16.0 Å². The van der Waals surface area contributed by atoms with Gasteiger partial charge in [0.25, 0.3) is 0 Å². The number of alkyl halides is 1. The van der Waals surface area contributed by atoms with Gasteiger partial charge < -0.3 is 9.80 Å². The number of piperazine rings is 1. The molecule has 1 aromatic carbocycles. The molecule has 3 unspecified atom stereocenters. The first kappa shape index (κ1) is 21.3. The first-order valence-electron chi connectivity index (χ1n) is 10.2. The van der Waals surface area contributed by atoms with Gasteiger partial charge in [0, 0.05) is 38.6 Å². The van der Waals surface area contributed by atoms with E-state index in [1.807, 2.05) is 28.0 Å². The number of nitrogens with one attached hydrogen (secondary N) is 2. The molecule has 1 aromatic rings. The van der Waals surface area contributed by atoms with E-state index >= 15 is 0 Å². The molecule has 3 atom stereocenters. The van der Waals surface area contributed by atoms with Crippen molar-refractivity contribution in [1.29, 1.82) is 0 Å². The third-order valence-electron chi connectivity index (χ3n) is 5.69. The predicted octanol–water partition coefficient (Wildman–Crippen LogP) is 1.94. The summed E-state index contributed by atoms with van der Waals surface area (Å²) in [5.74, 6) is 0.732. The predicted molar refractivity (Wildman–Crippen MR) is 114 cm³/mol. The highest BCUT2D eigenvalue weighted by Crippen LogP contribution is 2.23. The van der Waals surface area contributed by atoms with E-state index in [-0.39, 0.29) is 28.7 Å². The number of aryl methyl sites for hydroxylation is 1. The van der Waals surface area contributed by atoms with Crippen molar-refractivity contribution in [2.45, 2.75) is 50.0 Å². The monoisotopic (exact) mass is 450 g/mol. The van der Waals surface area contributed by atoms with Gasteiger partial charge in [-0.3, -0.25) is 15.0 Å². The van der Waals surface area contributed by atoms with E-state index in [1.54, 1.807) is 0 Å². The number of hydrogen-bond donors (Lipinski definition) is 2. The van der Waals surface area contributed by atoms with E-state index in [1.165, 1.54) is 5.56 Å². The summed E-state index contributed by atoms with van der Waals surface area (Å²) in [5, 5.41) is 0. The third-order valence-corrected chi connectivity index (χ3v) is 6.79. The normalized spacial score (nSPS) is 25.4. The summed E-state index contributed by atoms with van der Waals surface area (Å²) in [6.07, 6.45) is 2.35. The zero-order chi connectivity index (χ0) is 20.1. The van der Waals surface area contributed by atoms with E-state index < -0.39 is 0 Å². The second-order valence-electron chi connectivity index (χ2n) is 8.03. The van der Waals surface area contributed by atoms with Crippen molar-refractivity contribution in [3.8, 4) is 0 Å². The minimum Gasteiger partial charge on any atom is -0.339 e. The number of carbonyl (C=O) groups is 2. The van der Waals surface area contributed by atoms with Gasteiger partial charge in [0.15, 0.2) is 0 Å². The summed E-state index contributed by atoms with van der Waals surface area (Å²) >= 11 is 3.68. The Morgan fingerprint density at radius 1 is 1.07 bits per heavy atom. The van der Waals surface area contributed by atoms with Crippen LogP contribution in [0.15, 0.2) is 30.3 Å². The van der Waals surface area contributed by atoms with Crippen molar-refractivity contribution >= 4 is 27.7 Å². The average molecular weight is 451 g/mol. The summed E-state index contributed by atoms with van der Waals surface area (Å²) in [7, 11) is 0. The molecule has 28 heavy (non-hydrogen) atoms. The van der Waals surface area contributed by atoms with Crippen molar-refractivity contribution in [3.05, 3.63) is 35.9 Å². The Bertz CT molecular complexity index is 662. The van der Waals surface area contributed by atoms with E-state index in [0.29, 0.717) is 38.5 Å². The van der Waals surface area contributed by atoms with Crippen molar-refractivity contribution in [2.75, 3.05) is 26.2 Å². The van der Waals surface area contributed by atoms with Crippen LogP contribution in [0.5, 0.6) is 0 Å². The quantitative estimate of drug-likeness (QED) is 0.650. The molecule has 2 heterocycles. The second kappa shape index (κ2) is 9.85. The van der Waals surface area contributed by atoms with E-state index in [2.05, 4.69) is 52.8 Å². The second-order valence-corrected chi connectivity index (χ2v) is 9.08. The van der Waals surface area contributed by atoms with Crippen LogP contribution >= 0.6 is 15.9 Å². The van der Waals surface area contributed by atoms with Crippen molar-refractivity contribution in [1.82, 2.24) is 20.7 Å². The number of nitrogens with zero attached hydrogens (tertiary/aromatic N) is 2. The lowest BCUT2D eigenvalue weighted by Gasteiger charge is -2.36. The number of carbonyl (C=O) groups excluding carboxylic acids is 2. The van der Waals surface area contributed by atoms with E-state index in [4.69, 9.17) is 0 Å². The lowest BCUT2D eigenvalue weighted by Crippen LogP contribution is -2.56. The van der Waals surface area contributed by atoms with Crippen LogP contribution in [0, 0.1) is 5.92 Å². The molecule has 154 valence electrons. The highest BCUT2D eigenvalue weighted by atomic mass is 79.9. The molecule has 2 saturated heterocycles. The van der Waals surface area contributed by atoms with E-state index in [0.717, 1.165) is 12.8 Å². The first-order valence-corrected chi connectivity index (χ1v) is 11.1. The lowest BCUT2D eigenvalue weighted by molar-refractivity contribution is -0.140. The lowest BCUT2D eigenvalue weighted by atomic mass is 9.99. The van der Waals surface area contributed by atoms with Gasteiger partial charge in [0.2, 0.25) is 11.8 Å². The van der Waals surface area contributed by atoms with Gasteiger partial charge in [-0.15, -0.1) is 0 Å². The molecule has 2 fully saturated rings. The average Bonchev–Trinajstić information content (AvgIpc) is 3.10. The molecule has 0 aliphatic carbocycles. The Morgan fingerprint density at radius 2 is 1.71 bits per heavy atom. The molecule has 7 heteroatoms. The molecule has 2 aliphatic heterocycles. The highest BCUT2D eigenvalue weighted by Gasteiger charge is 2.42. The summed E-state index contributed by atoms with van der Waals surface area (Å²) < 4.78 is 0. The third kappa shape index (κ3) is 5.13. The number of benzene rings is 1. The molecule has 3 rings (SSSR count). The molecule has 6 nitrogen and oxygen atoms in total. The molecular formula is C21H31BrN4O2. The fraction of sp³-hybridized carbons (Fsp3) is 0.619. The number of amides is 2.